The lowest BCUT2D eigenvalue weighted by atomic mass is 10.2. The minimum Gasteiger partial charge on any atom is -0.263 e. The Hall–Kier alpha value is -2.61. The topological polar surface area (TPSA) is 130 Å². The largest absolute Gasteiger partial charge is 0.297 e. The predicted molar refractivity (Wildman–Crippen MR) is 136 cm³/mol. The number of hydrogen-bond donors (Lipinski definition) is 0. The summed E-state index contributed by atoms with van der Waals surface area (Å²) in [5.74, 6) is 0. The molecule has 0 fully saturated rings. The highest BCUT2D eigenvalue weighted by atomic mass is 32.2. The minimum atomic E-state index is -4.43. The first-order valence-electron chi connectivity index (χ1n) is 11.2. The molecule has 0 spiro atoms. The van der Waals surface area contributed by atoms with Crippen molar-refractivity contribution in [2.45, 2.75) is 54.6 Å². The second-order valence-corrected chi connectivity index (χ2v) is 13.3. The summed E-state index contributed by atoms with van der Waals surface area (Å²) in [6.07, 6.45) is -3.08. The summed E-state index contributed by atoms with van der Waals surface area (Å²) >= 11 is 0. The van der Waals surface area contributed by atoms with Crippen LogP contribution in [0.2, 0.25) is 0 Å². The number of hydrogen-bond acceptors (Lipinski definition) is 9. The maximum Gasteiger partial charge on any atom is 0.297 e. The van der Waals surface area contributed by atoms with E-state index in [1.165, 1.54) is 43.3 Å². The molecule has 0 N–H and O–H groups in total. The first-order chi connectivity index (χ1) is 17.2. The molecule has 3 aromatic rings. The summed E-state index contributed by atoms with van der Waals surface area (Å²) in [5, 5.41) is 0. The zero-order valence-corrected chi connectivity index (χ0v) is 23.1. The lowest BCUT2D eigenvalue weighted by Crippen LogP contribution is -2.37. The highest BCUT2D eigenvalue weighted by molar-refractivity contribution is 7.87. The van der Waals surface area contributed by atoms with Gasteiger partial charge < -0.3 is 0 Å². The molecule has 3 aromatic carbocycles. The standard InChI is InChI=1S/C25H28O9S3/c1-18-5-11-22(12-6-18)35(26,27)32-17-25(34-37(30,31)24-15-9-20(3)10-16-24)21(4)33-36(28,29)23-13-7-19(2)8-14-23/h5-16,21,25H,17H2,1-4H3. The maximum absolute atomic E-state index is 12.9. The van der Waals surface area contributed by atoms with E-state index < -0.39 is 49.2 Å². The Morgan fingerprint density at radius 3 is 1.24 bits per heavy atom. The van der Waals surface area contributed by atoms with Crippen LogP contribution in [0.1, 0.15) is 23.6 Å². The fourth-order valence-corrected chi connectivity index (χ4v) is 6.26. The summed E-state index contributed by atoms with van der Waals surface area (Å²) in [4.78, 5) is -0.504. The monoisotopic (exact) mass is 568 g/mol. The Kier molecular flexibility index (Phi) is 8.93. The van der Waals surface area contributed by atoms with Gasteiger partial charge in [0, 0.05) is 0 Å². The Balaban J connectivity index is 1.88. The maximum atomic E-state index is 12.9. The third-order valence-corrected chi connectivity index (χ3v) is 9.42. The first kappa shape index (κ1) is 29.0. The van der Waals surface area contributed by atoms with Crippen LogP contribution in [0.15, 0.2) is 87.5 Å². The summed E-state index contributed by atoms with van der Waals surface area (Å²) < 4.78 is 92.4. The quantitative estimate of drug-likeness (QED) is 0.316. The van der Waals surface area contributed by atoms with Crippen LogP contribution in [-0.4, -0.2) is 44.1 Å². The van der Waals surface area contributed by atoms with Gasteiger partial charge in [-0.2, -0.15) is 25.3 Å². The average Bonchev–Trinajstić information content (AvgIpc) is 2.82. The normalized spacial score (nSPS) is 14.3. The summed E-state index contributed by atoms with van der Waals surface area (Å²) in [7, 11) is -13.1. The number of benzene rings is 3. The summed E-state index contributed by atoms with van der Waals surface area (Å²) in [6, 6.07) is 17.4. The van der Waals surface area contributed by atoms with Crippen LogP contribution in [0.4, 0.5) is 0 Å². The van der Waals surface area contributed by atoms with Crippen LogP contribution in [0, 0.1) is 20.8 Å². The molecule has 0 radical (unpaired) electrons. The Bertz CT molecular complexity index is 1530. The zero-order chi connectivity index (χ0) is 27.4. The molecule has 0 saturated heterocycles. The molecule has 0 bridgehead atoms. The Labute approximate surface area is 218 Å². The van der Waals surface area contributed by atoms with Crippen LogP contribution in [-0.2, 0) is 42.9 Å². The lowest BCUT2D eigenvalue weighted by Gasteiger charge is -2.23. The second kappa shape index (κ2) is 11.4. The molecular weight excluding hydrogens is 540 g/mol. The van der Waals surface area contributed by atoms with Crippen LogP contribution < -0.4 is 0 Å². The van der Waals surface area contributed by atoms with Gasteiger partial charge in [0.25, 0.3) is 30.4 Å². The lowest BCUT2D eigenvalue weighted by molar-refractivity contribution is 0.0414. The van der Waals surface area contributed by atoms with Crippen LogP contribution in [0.5, 0.6) is 0 Å². The van der Waals surface area contributed by atoms with Gasteiger partial charge in [0.05, 0.1) is 21.3 Å². The Morgan fingerprint density at radius 1 is 0.541 bits per heavy atom. The van der Waals surface area contributed by atoms with Gasteiger partial charge in [-0.3, -0.25) is 12.5 Å². The fraction of sp³-hybridized carbons (Fsp3) is 0.280. The van der Waals surface area contributed by atoms with Crippen molar-refractivity contribution in [1.82, 2.24) is 0 Å². The number of aryl methyl sites for hydroxylation is 3. The molecule has 0 heterocycles. The van der Waals surface area contributed by atoms with Crippen LogP contribution >= 0.6 is 0 Å². The van der Waals surface area contributed by atoms with Crippen molar-refractivity contribution in [2.24, 2.45) is 0 Å². The molecule has 0 aliphatic heterocycles. The smallest absolute Gasteiger partial charge is 0.263 e. The summed E-state index contributed by atoms with van der Waals surface area (Å²) in [5.41, 5.74) is 2.46. The molecule has 200 valence electrons. The van der Waals surface area contributed by atoms with Gasteiger partial charge in [0.15, 0.2) is 0 Å². The van der Waals surface area contributed by atoms with Crippen molar-refractivity contribution >= 4 is 30.4 Å². The molecule has 3 rings (SSSR count). The molecule has 0 aromatic heterocycles. The SMILES string of the molecule is Cc1ccc(S(=O)(=O)OCC(OS(=O)(=O)c2ccc(C)cc2)C(C)OS(=O)(=O)c2ccc(C)cc2)cc1. The minimum absolute atomic E-state index is 0.154. The molecule has 0 amide bonds. The van der Waals surface area contributed by atoms with Crippen molar-refractivity contribution in [3.05, 3.63) is 89.5 Å². The molecular formula is C25H28O9S3. The van der Waals surface area contributed by atoms with Crippen molar-refractivity contribution < 1.29 is 37.8 Å². The molecule has 2 unspecified atom stereocenters. The van der Waals surface area contributed by atoms with Gasteiger partial charge >= 0.3 is 0 Å². The molecule has 0 saturated carbocycles. The summed E-state index contributed by atoms with van der Waals surface area (Å²) in [6.45, 7) is 5.76. The second-order valence-electron chi connectivity index (χ2n) is 8.52. The number of rotatable bonds is 11. The van der Waals surface area contributed by atoms with E-state index >= 15 is 0 Å². The van der Waals surface area contributed by atoms with Crippen molar-refractivity contribution in [2.75, 3.05) is 6.61 Å². The van der Waals surface area contributed by atoms with E-state index in [0.29, 0.717) is 0 Å². The third kappa shape index (κ3) is 7.69. The van der Waals surface area contributed by atoms with Gasteiger partial charge in [0.2, 0.25) is 0 Å². The highest BCUT2D eigenvalue weighted by Crippen LogP contribution is 2.23. The zero-order valence-electron chi connectivity index (χ0n) is 20.7. The van der Waals surface area contributed by atoms with Gasteiger partial charge in [0.1, 0.15) is 12.2 Å². The van der Waals surface area contributed by atoms with Gasteiger partial charge in [-0.15, -0.1) is 0 Å². The van der Waals surface area contributed by atoms with E-state index in [0.717, 1.165) is 16.7 Å². The molecule has 0 aliphatic carbocycles. The van der Waals surface area contributed by atoms with E-state index in [2.05, 4.69) is 0 Å². The average molecular weight is 569 g/mol. The van der Waals surface area contributed by atoms with Gasteiger partial charge in [-0.05, 0) is 64.1 Å². The van der Waals surface area contributed by atoms with Crippen molar-refractivity contribution in [3.63, 3.8) is 0 Å². The highest BCUT2D eigenvalue weighted by Gasteiger charge is 2.33. The van der Waals surface area contributed by atoms with Gasteiger partial charge in [-0.25, -0.2) is 0 Å². The van der Waals surface area contributed by atoms with E-state index in [4.69, 9.17) is 12.5 Å². The molecule has 0 aliphatic rings. The Morgan fingerprint density at radius 2 is 0.865 bits per heavy atom. The van der Waals surface area contributed by atoms with Crippen molar-refractivity contribution in [1.29, 1.82) is 0 Å². The van der Waals surface area contributed by atoms with Crippen molar-refractivity contribution in [3.8, 4) is 0 Å². The molecule has 9 nitrogen and oxygen atoms in total. The first-order valence-corrected chi connectivity index (χ1v) is 15.4. The molecule has 37 heavy (non-hydrogen) atoms. The van der Waals surface area contributed by atoms with E-state index in [1.807, 2.05) is 0 Å². The molecule has 2 atom stereocenters. The molecule has 12 heteroatoms. The van der Waals surface area contributed by atoms with Crippen LogP contribution in [0.25, 0.3) is 0 Å². The van der Waals surface area contributed by atoms with E-state index in [9.17, 15) is 25.3 Å². The third-order valence-electron chi connectivity index (χ3n) is 5.37. The van der Waals surface area contributed by atoms with E-state index in [-0.39, 0.29) is 14.7 Å². The van der Waals surface area contributed by atoms with Crippen LogP contribution in [0.3, 0.4) is 0 Å². The fourth-order valence-electron chi connectivity index (χ4n) is 3.12. The van der Waals surface area contributed by atoms with E-state index in [1.54, 1.807) is 57.2 Å². The van der Waals surface area contributed by atoms with Gasteiger partial charge in [-0.1, -0.05) is 53.1 Å². The predicted octanol–water partition coefficient (Wildman–Crippen LogP) is 3.89.